The Bertz CT molecular complexity index is 141. The quantitative estimate of drug-likeness (QED) is 0.651. The minimum atomic E-state index is 0.342. The summed E-state index contributed by atoms with van der Waals surface area (Å²) in [6.07, 6.45) is 2.92. The summed E-state index contributed by atoms with van der Waals surface area (Å²) < 4.78 is 5.25. The summed E-state index contributed by atoms with van der Waals surface area (Å²) in [5.41, 5.74) is 0. The first-order valence-electron chi connectivity index (χ1n) is 5.07. The van der Waals surface area contributed by atoms with Crippen LogP contribution in [0.5, 0.6) is 0 Å². The van der Waals surface area contributed by atoms with Crippen molar-refractivity contribution in [2.45, 2.75) is 25.9 Å². The number of halogens is 1. The van der Waals surface area contributed by atoms with Crippen molar-refractivity contribution >= 4 is 11.6 Å². The molecule has 0 N–H and O–H groups in total. The average molecular weight is 206 g/mol. The average Bonchev–Trinajstić information content (AvgIpc) is 2.18. The van der Waals surface area contributed by atoms with E-state index in [1.165, 1.54) is 19.4 Å². The van der Waals surface area contributed by atoms with Gasteiger partial charge in [0.2, 0.25) is 0 Å². The van der Waals surface area contributed by atoms with Crippen LogP contribution < -0.4 is 0 Å². The van der Waals surface area contributed by atoms with Crippen LogP contribution in [0.4, 0.5) is 0 Å². The molecule has 0 amide bonds. The van der Waals surface area contributed by atoms with Gasteiger partial charge >= 0.3 is 0 Å². The predicted molar refractivity (Wildman–Crippen MR) is 56.4 cm³/mol. The molecule has 3 heteroatoms. The Balaban J connectivity index is 2.25. The molecule has 0 bridgehead atoms. The zero-order valence-corrected chi connectivity index (χ0v) is 9.39. The Hall–Kier alpha value is 0.210. The highest BCUT2D eigenvalue weighted by Crippen LogP contribution is 2.17. The molecule has 2 atom stereocenters. The second kappa shape index (κ2) is 5.84. The molecule has 78 valence electrons. The van der Waals surface area contributed by atoms with Gasteiger partial charge in [0, 0.05) is 26.1 Å². The lowest BCUT2D eigenvalue weighted by Gasteiger charge is -2.33. The molecular weight excluding hydrogens is 186 g/mol. The number of methoxy groups -OCH3 is 1. The van der Waals surface area contributed by atoms with Gasteiger partial charge in [0.15, 0.2) is 0 Å². The molecule has 1 fully saturated rings. The highest BCUT2D eigenvalue weighted by molar-refractivity contribution is 6.18. The molecule has 1 rings (SSSR count). The van der Waals surface area contributed by atoms with E-state index in [9.17, 15) is 0 Å². The Morgan fingerprint density at radius 2 is 2.38 bits per heavy atom. The minimum absolute atomic E-state index is 0.342. The van der Waals surface area contributed by atoms with Gasteiger partial charge in [-0.25, -0.2) is 0 Å². The molecule has 0 aromatic carbocycles. The van der Waals surface area contributed by atoms with Gasteiger partial charge in [-0.1, -0.05) is 0 Å². The van der Waals surface area contributed by atoms with Gasteiger partial charge in [0.1, 0.15) is 0 Å². The first-order valence-corrected chi connectivity index (χ1v) is 5.60. The molecular formula is C10H20ClNO. The van der Waals surface area contributed by atoms with E-state index in [2.05, 4.69) is 11.8 Å². The van der Waals surface area contributed by atoms with Crippen LogP contribution in [0.15, 0.2) is 0 Å². The largest absolute Gasteiger partial charge is 0.380 e. The molecule has 0 saturated carbocycles. The van der Waals surface area contributed by atoms with E-state index < -0.39 is 0 Å². The third kappa shape index (κ3) is 3.84. The number of hydrogen-bond donors (Lipinski definition) is 0. The lowest BCUT2D eigenvalue weighted by Crippen LogP contribution is -2.40. The van der Waals surface area contributed by atoms with Crippen LogP contribution in [0.2, 0.25) is 0 Å². The number of likely N-dealkylation sites (tertiary alicyclic amines) is 1. The van der Waals surface area contributed by atoms with Crippen molar-refractivity contribution < 1.29 is 4.74 Å². The van der Waals surface area contributed by atoms with Crippen molar-refractivity contribution in [1.29, 1.82) is 0 Å². The Labute approximate surface area is 86.2 Å². The van der Waals surface area contributed by atoms with E-state index in [0.717, 1.165) is 19.0 Å². The lowest BCUT2D eigenvalue weighted by atomic mass is 10.00. The summed E-state index contributed by atoms with van der Waals surface area (Å²) in [6, 6.07) is 0. The predicted octanol–water partition coefficient (Wildman–Crippen LogP) is 1.97. The summed E-state index contributed by atoms with van der Waals surface area (Å²) in [5, 5.41) is 0. The standard InChI is InChI=1S/C10H20ClNO/c1-9(13-2)7-12-5-3-4-10(6-11)8-12/h9-10H,3-8H2,1-2H3. The molecule has 0 spiro atoms. The fourth-order valence-corrected chi connectivity index (χ4v) is 2.13. The van der Waals surface area contributed by atoms with E-state index in [1.54, 1.807) is 7.11 Å². The summed E-state index contributed by atoms with van der Waals surface area (Å²) in [4.78, 5) is 2.46. The zero-order valence-electron chi connectivity index (χ0n) is 8.63. The molecule has 0 aliphatic carbocycles. The molecule has 2 nitrogen and oxygen atoms in total. The minimum Gasteiger partial charge on any atom is -0.380 e. The van der Waals surface area contributed by atoms with E-state index in [1.807, 2.05) is 0 Å². The number of alkyl halides is 1. The van der Waals surface area contributed by atoms with Gasteiger partial charge in [-0.2, -0.15) is 0 Å². The maximum atomic E-state index is 5.86. The van der Waals surface area contributed by atoms with E-state index in [-0.39, 0.29) is 0 Å². The Kier molecular flexibility index (Phi) is 5.07. The van der Waals surface area contributed by atoms with Gasteiger partial charge in [-0.15, -0.1) is 11.6 Å². The number of piperidine rings is 1. The lowest BCUT2D eigenvalue weighted by molar-refractivity contribution is 0.0616. The van der Waals surface area contributed by atoms with E-state index in [4.69, 9.17) is 16.3 Å². The third-order valence-corrected chi connectivity index (χ3v) is 3.18. The van der Waals surface area contributed by atoms with Crippen molar-refractivity contribution in [3.63, 3.8) is 0 Å². The first kappa shape index (κ1) is 11.3. The fourth-order valence-electron chi connectivity index (χ4n) is 1.88. The van der Waals surface area contributed by atoms with Crippen LogP contribution in [-0.4, -0.2) is 43.6 Å². The third-order valence-electron chi connectivity index (χ3n) is 2.74. The number of ether oxygens (including phenoxy) is 1. The monoisotopic (exact) mass is 205 g/mol. The van der Waals surface area contributed by atoms with Crippen LogP contribution in [0, 0.1) is 5.92 Å². The molecule has 2 unspecified atom stereocenters. The van der Waals surface area contributed by atoms with Gasteiger partial charge < -0.3 is 9.64 Å². The van der Waals surface area contributed by atoms with Crippen LogP contribution in [-0.2, 0) is 4.74 Å². The summed E-state index contributed by atoms with van der Waals surface area (Å²) in [5.74, 6) is 1.50. The second-order valence-corrected chi connectivity index (χ2v) is 4.28. The first-order chi connectivity index (χ1) is 6.26. The van der Waals surface area contributed by atoms with Crippen LogP contribution in [0.3, 0.4) is 0 Å². The molecule has 1 saturated heterocycles. The van der Waals surface area contributed by atoms with Crippen LogP contribution in [0.25, 0.3) is 0 Å². The van der Waals surface area contributed by atoms with E-state index in [0.29, 0.717) is 12.0 Å². The van der Waals surface area contributed by atoms with Gasteiger partial charge in [-0.3, -0.25) is 0 Å². The molecule has 1 aliphatic heterocycles. The van der Waals surface area contributed by atoms with Crippen molar-refractivity contribution in [3.8, 4) is 0 Å². The Morgan fingerprint density at radius 3 is 3.00 bits per heavy atom. The number of hydrogen-bond acceptors (Lipinski definition) is 2. The normalized spacial score (nSPS) is 27.5. The molecule has 13 heavy (non-hydrogen) atoms. The van der Waals surface area contributed by atoms with Gasteiger partial charge in [0.05, 0.1) is 6.10 Å². The van der Waals surface area contributed by atoms with Crippen LogP contribution in [0.1, 0.15) is 19.8 Å². The van der Waals surface area contributed by atoms with Gasteiger partial charge in [-0.05, 0) is 32.2 Å². The molecule has 0 radical (unpaired) electrons. The van der Waals surface area contributed by atoms with Gasteiger partial charge in [0.25, 0.3) is 0 Å². The molecule has 1 heterocycles. The summed E-state index contributed by atoms with van der Waals surface area (Å²) in [7, 11) is 1.77. The Morgan fingerprint density at radius 1 is 1.62 bits per heavy atom. The molecule has 0 aromatic rings. The van der Waals surface area contributed by atoms with Crippen molar-refractivity contribution in [2.75, 3.05) is 32.6 Å². The molecule has 1 aliphatic rings. The maximum Gasteiger partial charge on any atom is 0.0670 e. The SMILES string of the molecule is COC(C)CN1CCCC(CCl)C1. The van der Waals surface area contributed by atoms with E-state index >= 15 is 0 Å². The second-order valence-electron chi connectivity index (χ2n) is 3.97. The maximum absolute atomic E-state index is 5.86. The number of rotatable bonds is 4. The number of nitrogens with zero attached hydrogens (tertiary/aromatic N) is 1. The summed E-state index contributed by atoms with van der Waals surface area (Å²) in [6.45, 7) is 5.52. The fraction of sp³-hybridized carbons (Fsp3) is 1.00. The highest BCUT2D eigenvalue weighted by Gasteiger charge is 2.19. The smallest absolute Gasteiger partial charge is 0.0670 e. The summed E-state index contributed by atoms with van der Waals surface area (Å²) >= 11 is 5.86. The topological polar surface area (TPSA) is 12.5 Å². The highest BCUT2D eigenvalue weighted by atomic mass is 35.5. The van der Waals surface area contributed by atoms with Crippen molar-refractivity contribution in [3.05, 3.63) is 0 Å². The zero-order chi connectivity index (χ0) is 9.68. The van der Waals surface area contributed by atoms with Crippen molar-refractivity contribution in [1.82, 2.24) is 4.90 Å². The van der Waals surface area contributed by atoms with Crippen LogP contribution >= 0.6 is 11.6 Å². The molecule has 0 aromatic heterocycles. The van der Waals surface area contributed by atoms with Crippen molar-refractivity contribution in [2.24, 2.45) is 5.92 Å².